The molecule has 0 aromatic rings. The second kappa shape index (κ2) is 6.20. The molecule has 1 aliphatic rings. The average molecular weight is 240 g/mol. The molecule has 0 atom stereocenters. The van der Waals surface area contributed by atoms with E-state index < -0.39 is 18.7 Å². The first-order valence-electron chi connectivity index (χ1n) is 5.47. The Morgan fingerprint density at radius 3 is 2.29 bits per heavy atom. The molecular formula is C12H16O5. The van der Waals surface area contributed by atoms with Crippen LogP contribution >= 0.6 is 0 Å². The number of esters is 1. The van der Waals surface area contributed by atoms with E-state index in [1.165, 1.54) is 6.08 Å². The Balaban J connectivity index is 2.71. The van der Waals surface area contributed by atoms with E-state index in [4.69, 9.17) is 10.2 Å². The number of carboxylic acid groups (broad SMARTS) is 1. The highest BCUT2D eigenvalue weighted by molar-refractivity contribution is 5.82. The van der Waals surface area contributed by atoms with Crippen LogP contribution in [0, 0.1) is 5.41 Å². The Morgan fingerprint density at radius 1 is 1.18 bits per heavy atom. The zero-order valence-electron chi connectivity index (χ0n) is 9.46. The van der Waals surface area contributed by atoms with E-state index in [1.54, 1.807) is 12.2 Å². The van der Waals surface area contributed by atoms with Crippen LogP contribution in [-0.4, -0.2) is 28.9 Å². The summed E-state index contributed by atoms with van der Waals surface area (Å²) in [6.07, 6.45) is 9.27. The molecule has 1 rings (SSSR count). The molecule has 0 amide bonds. The fourth-order valence-electron chi connectivity index (χ4n) is 2.01. The fraction of sp³-hybridized carbons (Fsp3) is 0.500. The monoisotopic (exact) mass is 240 g/mol. The summed E-state index contributed by atoms with van der Waals surface area (Å²) >= 11 is 0. The Morgan fingerprint density at radius 2 is 1.76 bits per heavy atom. The third kappa shape index (κ3) is 4.40. The van der Waals surface area contributed by atoms with Crippen molar-refractivity contribution < 1.29 is 24.5 Å². The van der Waals surface area contributed by atoms with Crippen molar-refractivity contribution in [1.82, 2.24) is 0 Å². The Bertz CT molecular complexity index is 337. The largest absolute Gasteiger partial charge is 0.478 e. The quantitative estimate of drug-likeness (QED) is 0.429. The highest BCUT2D eigenvalue weighted by Crippen LogP contribution is 2.40. The van der Waals surface area contributed by atoms with Crippen LogP contribution in [0.2, 0.25) is 0 Å². The number of hydrogen-bond acceptors (Lipinski definition) is 4. The van der Waals surface area contributed by atoms with Crippen molar-refractivity contribution in [2.75, 3.05) is 6.79 Å². The van der Waals surface area contributed by atoms with E-state index in [9.17, 15) is 9.59 Å². The predicted octanol–water partition coefficient (Wildman–Crippen LogP) is 1.24. The van der Waals surface area contributed by atoms with E-state index in [0.717, 1.165) is 31.8 Å². The molecule has 1 fully saturated rings. The first kappa shape index (κ1) is 13.4. The molecule has 2 N–H and O–H groups in total. The third-order valence-electron chi connectivity index (χ3n) is 2.85. The van der Waals surface area contributed by atoms with Crippen LogP contribution in [0.25, 0.3) is 0 Å². The summed E-state index contributed by atoms with van der Waals surface area (Å²) in [5.41, 5.74) is -0.368. The lowest BCUT2D eigenvalue weighted by Gasteiger charge is -2.19. The van der Waals surface area contributed by atoms with E-state index in [2.05, 4.69) is 4.74 Å². The van der Waals surface area contributed by atoms with Crippen molar-refractivity contribution >= 4 is 11.9 Å². The molecule has 0 spiro atoms. The van der Waals surface area contributed by atoms with Gasteiger partial charge in [0, 0.05) is 17.6 Å². The zero-order chi connectivity index (χ0) is 12.7. The number of aliphatic carboxylic acids is 1. The standard InChI is InChI=1S/C12H16O5/c13-9-17-11(16)4-8-12(5-1-2-6-12)7-3-10(14)15/h3-4,7-8,13H,1-2,5-6,9H2,(H,14,15). The van der Waals surface area contributed by atoms with Crippen LogP contribution in [0.1, 0.15) is 25.7 Å². The molecule has 5 heteroatoms. The normalized spacial score (nSPS) is 18.9. The van der Waals surface area contributed by atoms with Crippen molar-refractivity contribution in [2.45, 2.75) is 25.7 Å². The predicted molar refractivity (Wildman–Crippen MR) is 60.0 cm³/mol. The van der Waals surface area contributed by atoms with Crippen LogP contribution in [-0.2, 0) is 14.3 Å². The van der Waals surface area contributed by atoms with Crippen LogP contribution in [0.3, 0.4) is 0 Å². The lowest BCUT2D eigenvalue weighted by molar-refractivity contribution is -0.145. The molecule has 0 radical (unpaired) electrons. The summed E-state index contributed by atoms with van der Waals surface area (Å²) in [6.45, 7) is -0.652. The van der Waals surface area contributed by atoms with Crippen LogP contribution in [0.5, 0.6) is 0 Å². The van der Waals surface area contributed by atoms with Gasteiger partial charge in [0.05, 0.1) is 0 Å². The number of aliphatic hydroxyl groups is 1. The molecule has 0 aromatic heterocycles. The Kier molecular flexibility index (Phi) is 4.90. The van der Waals surface area contributed by atoms with Crippen LogP contribution in [0.15, 0.2) is 24.3 Å². The first-order chi connectivity index (χ1) is 8.08. The summed E-state index contributed by atoms with van der Waals surface area (Å²) in [7, 11) is 0. The zero-order valence-corrected chi connectivity index (χ0v) is 9.46. The second-order valence-corrected chi connectivity index (χ2v) is 4.04. The van der Waals surface area contributed by atoms with Gasteiger partial charge in [0.25, 0.3) is 0 Å². The van der Waals surface area contributed by atoms with Gasteiger partial charge in [-0.15, -0.1) is 0 Å². The van der Waals surface area contributed by atoms with Gasteiger partial charge in [0.1, 0.15) is 0 Å². The number of rotatable bonds is 5. The van der Waals surface area contributed by atoms with Crippen molar-refractivity contribution in [1.29, 1.82) is 0 Å². The molecule has 0 aliphatic heterocycles. The van der Waals surface area contributed by atoms with E-state index in [0.29, 0.717) is 0 Å². The maximum Gasteiger partial charge on any atom is 0.332 e. The molecule has 0 bridgehead atoms. The van der Waals surface area contributed by atoms with Crippen LogP contribution in [0.4, 0.5) is 0 Å². The summed E-state index contributed by atoms with van der Waals surface area (Å²) in [4.78, 5) is 21.6. The van der Waals surface area contributed by atoms with Crippen LogP contribution < -0.4 is 0 Å². The molecule has 0 aromatic carbocycles. The number of ether oxygens (including phenoxy) is 1. The summed E-state index contributed by atoms with van der Waals surface area (Å²) < 4.78 is 4.36. The van der Waals surface area contributed by atoms with Gasteiger partial charge in [0.2, 0.25) is 0 Å². The summed E-state index contributed by atoms with van der Waals surface area (Å²) in [6, 6.07) is 0. The maximum atomic E-state index is 11.1. The molecular weight excluding hydrogens is 224 g/mol. The molecule has 17 heavy (non-hydrogen) atoms. The number of hydrogen-bond donors (Lipinski definition) is 2. The van der Waals surface area contributed by atoms with Crippen molar-refractivity contribution in [2.24, 2.45) is 5.41 Å². The Labute approximate surface area is 99.4 Å². The average Bonchev–Trinajstić information content (AvgIpc) is 2.74. The van der Waals surface area contributed by atoms with Gasteiger partial charge in [-0.1, -0.05) is 25.0 Å². The molecule has 1 aliphatic carbocycles. The van der Waals surface area contributed by atoms with E-state index in [1.807, 2.05) is 0 Å². The number of carbonyl (C=O) groups is 2. The molecule has 0 unspecified atom stereocenters. The summed E-state index contributed by atoms with van der Waals surface area (Å²) in [5.74, 6) is -1.62. The SMILES string of the molecule is O=C(O)C=CC1(C=CC(=O)OCO)CCCC1. The van der Waals surface area contributed by atoms with Gasteiger partial charge in [-0.25, -0.2) is 9.59 Å². The number of aliphatic hydroxyl groups excluding tert-OH is 1. The van der Waals surface area contributed by atoms with Crippen molar-refractivity contribution in [3.8, 4) is 0 Å². The maximum absolute atomic E-state index is 11.1. The minimum Gasteiger partial charge on any atom is -0.478 e. The molecule has 0 heterocycles. The van der Waals surface area contributed by atoms with Gasteiger partial charge in [-0.05, 0) is 12.8 Å². The highest BCUT2D eigenvalue weighted by Gasteiger charge is 2.28. The van der Waals surface area contributed by atoms with Crippen molar-refractivity contribution in [3.05, 3.63) is 24.3 Å². The number of allylic oxidation sites excluding steroid dienone is 2. The van der Waals surface area contributed by atoms with Gasteiger partial charge in [-0.2, -0.15) is 0 Å². The number of carboxylic acids is 1. The van der Waals surface area contributed by atoms with Gasteiger partial charge in [0.15, 0.2) is 6.79 Å². The third-order valence-corrected chi connectivity index (χ3v) is 2.85. The van der Waals surface area contributed by atoms with E-state index >= 15 is 0 Å². The smallest absolute Gasteiger partial charge is 0.332 e. The lowest BCUT2D eigenvalue weighted by Crippen LogP contribution is -2.11. The summed E-state index contributed by atoms with van der Waals surface area (Å²) in [5, 5.41) is 17.0. The van der Waals surface area contributed by atoms with E-state index in [-0.39, 0.29) is 5.41 Å². The lowest BCUT2D eigenvalue weighted by atomic mass is 9.85. The molecule has 5 nitrogen and oxygen atoms in total. The molecule has 1 saturated carbocycles. The minimum absolute atomic E-state index is 0.368. The fourth-order valence-corrected chi connectivity index (χ4v) is 2.01. The molecule has 94 valence electrons. The first-order valence-corrected chi connectivity index (χ1v) is 5.47. The van der Waals surface area contributed by atoms with Gasteiger partial charge >= 0.3 is 11.9 Å². The second-order valence-electron chi connectivity index (χ2n) is 4.04. The molecule has 0 saturated heterocycles. The minimum atomic E-state index is -0.998. The van der Waals surface area contributed by atoms with Crippen molar-refractivity contribution in [3.63, 3.8) is 0 Å². The van der Waals surface area contributed by atoms with Gasteiger partial charge < -0.3 is 14.9 Å². The highest BCUT2D eigenvalue weighted by atomic mass is 16.6. The Hall–Kier alpha value is -1.62. The topological polar surface area (TPSA) is 83.8 Å². The van der Waals surface area contributed by atoms with Gasteiger partial charge in [-0.3, -0.25) is 0 Å². The number of carbonyl (C=O) groups excluding carboxylic acids is 1.